The van der Waals surface area contributed by atoms with Crippen LogP contribution in [0.25, 0.3) is 0 Å². The van der Waals surface area contributed by atoms with E-state index in [9.17, 15) is 4.79 Å². The van der Waals surface area contributed by atoms with Crippen LogP contribution in [0.2, 0.25) is 0 Å². The lowest BCUT2D eigenvalue weighted by Crippen LogP contribution is -2.30. The van der Waals surface area contributed by atoms with E-state index in [4.69, 9.17) is 9.15 Å². The molecule has 0 bridgehead atoms. The molecule has 0 atom stereocenters. The van der Waals surface area contributed by atoms with Crippen LogP contribution in [0.1, 0.15) is 17.0 Å². The minimum absolute atomic E-state index is 0.0554. The highest BCUT2D eigenvalue weighted by atomic mass is 32.2. The summed E-state index contributed by atoms with van der Waals surface area (Å²) in [7, 11) is 1.64. The zero-order valence-electron chi connectivity index (χ0n) is 14.9. The fourth-order valence-electron chi connectivity index (χ4n) is 3.08. The highest BCUT2D eigenvalue weighted by molar-refractivity contribution is 7.99. The van der Waals surface area contributed by atoms with E-state index < -0.39 is 0 Å². The molecule has 0 unspecified atom stereocenters. The molecule has 2 heterocycles. The van der Waals surface area contributed by atoms with Crippen molar-refractivity contribution in [2.75, 3.05) is 24.3 Å². The molecule has 0 saturated heterocycles. The van der Waals surface area contributed by atoms with Crippen LogP contribution >= 0.6 is 11.8 Å². The number of aromatic nitrogens is 2. The van der Waals surface area contributed by atoms with Gasteiger partial charge in [-0.15, -0.1) is 10.2 Å². The average molecular weight is 381 g/mol. The Morgan fingerprint density at radius 3 is 2.81 bits per heavy atom. The van der Waals surface area contributed by atoms with Crippen LogP contribution in [0.5, 0.6) is 5.75 Å². The zero-order chi connectivity index (χ0) is 18.6. The molecule has 27 heavy (non-hydrogen) atoms. The summed E-state index contributed by atoms with van der Waals surface area (Å²) in [5, 5.41) is 8.53. The van der Waals surface area contributed by atoms with E-state index in [2.05, 4.69) is 16.3 Å². The highest BCUT2D eigenvalue weighted by Gasteiger charge is 2.24. The number of para-hydroxylation sites is 1. The lowest BCUT2D eigenvalue weighted by molar-refractivity contribution is -0.116. The van der Waals surface area contributed by atoms with Crippen molar-refractivity contribution in [3.8, 4) is 5.75 Å². The molecule has 0 N–H and O–H groups in total. The van der Waals surface area contributed by atoms with Gasteiger partial charge in [0.05, 0.1) is 19.3 Å². The smallest absolute Gasteiger partial charge is 0.277 e. The van der Waals surface area contributed by atoms with Crippen molar-refractivity contribution in [3.05, 3.63) is 65.5 Å². The minimum Gasteiger partial charge on any atom is -0.497 e. The summed E-state index contributed by atoms with van der Waals surface area (Å²) < 4.78 is 10.8. The third-order valence-corrected chi connectivity index (χ3v) is 5.27. The number of amides is 1. The summed E-state index contributed by atoms with van der Waals surface area (Å²) in [6.45, 7) is 0.727. The molecule has 6 nitrogen and oxygen atoms in total. The van der Waals surface area contributed by atoms with E-state index in [-0.39, 0.29) is 11.7 Å². The fourth-order valence-corrected chi connectivity index (χ4v) is 3.74. The second-order valence-electron chi connectivity index (χ2n) is 6.20. The van der Waals surface area contributed by atoms with Crippen molar-refractivity contribution >= 4 is 23.4 Å². The van der Waals surface area contributed by atoms with E-state index in [0.717, 1.165) is 30.0 Å². The molecule has 0 saturated carbocycles. The third-order valence-electron chi connectivity index (χ3n) is 4.47. The molecule has 2 aromatic carbocycles. The normalized spacial score (nSPS) is 12.9. The number of ether oxygens (including phenoxy) is 1. The maximum absolute atomic E-state index is 12.5. The number of rotatable bonds is 6. The Balaban J connectivity index is 1.33. The quantitative estimate of drug-likeness (QED) is 0.610. The van der Waals surface area contributed by atoms with Crippen LogP contribution in [0.4, 0.5) is 5.69 Å². The Kier molecular flexibility index (Phi) is 5.11. The maximum atomic E-state index is 12.5. The summed E-state index contributed by atoms with van der Waals surface area (Å²) >= 11 is 1.28. The lowest BCUT2D eigenvalue weighted by atomic mass is 10.1. The van der Waals surface area contributed by atoms with Crippen LogP contribution in [0, 0.1) is 0 Å². The summed E-state index contributed by atoms with van der Waals surface area (Å²) in [6, 6.07) is 15.7. The van der Waals surface area contributed by atoms with E-state index in [1.54, 1.807) is 7.11 Å². The van der Waals surface area contributed by atoms with Crippen molar-refractivity contribution in [2.45, 2.75) is 18.1 Å². The molecule has 138 valence electrons. The van der Waals surface area contributed by atoms with E-state index in [1.165, 1.54) is 17.3 Å². The van der Waals surface area contributed by atoms with E-state index >= 15 is 0 Å². The lowest BCUT2D eigenvalue weighted by Gasteiger charge is -2.16. The van der Waals surface area contributed by atoms with Gasteiger partial charge in [-0.3, -0.25) is 4.79 Å². The van der Waals surface area contributed by atoms with Gasteiger partial charge in [-0.05, 0) is 35.7 Å². The first-order chi connectivity index (χ1) is 13.2. The van der Waals surface area contributed by atoms with Gasteiger partial charge in [0.15, 0.2) is 0 Å². The Morgan fingerprint density at radius 2 is 2.00 bits per heavy atom. The van der Waals surface area contributed by atoms with Gasteiger partial charge in [-0.1, -0.05) is 42.1 Å². The zero-order valence-corrected chi connectivity index (χ0v) is 15.7. The Bertz CT molecular complexity index is 940. The molecule has 7 heteroatoms. The van der Waals surface area contributed by atoms with Gasteiger partial charge in [0.2, 0.25) is 11.8 Å². The van der Waals surface area contributed by atoms with Crippen molar-refractivity contribution in [1.29, 1.82) is 0 Å². The Morgan fingerprint density at radius 1 is 1.19 bits per heavy atom. The molecule has 0 radical (unpaired) electrons. The van der Waals surface area contributed by atoms with E-state index in [1.807, 2.05) is 47.4 Å². The van der Waals surface area contributed by atoms with Crippen molar-refractivity contribution < 1.29 is 13.9 Å². The van der Waals surface area contributed by atoms with Crippen LogP contribution in [0.15, 0.2) is 58.2 Å². The molecule has 0 spiro atoms. The molecule has 1 amide bonds. The van der Waals surface area contributed by atoms with Gasteiger partial charge < -0.3 is 14.1 Å². The van der Waals surface area contributed by atoms with Crippen LogP contribution < -0.4 is 9.64 Å². The van der Waals surface area contributed by atoms with E-state index in [0.29, 0.717) is 17.5 Å². The predicted octanol–water partition coefficient (Wildman–Crippen LogP) is 3.35. The molecule has 1 aliphatic heterocycles. The maximum Gasteiger partial charge on any atom is 0.277 e. The average Bonchev–Trinajstić information content (AvgIpc) is 3.33. The SMILES string of the molecule is COc1ccc(Cc2nnc(SCC(=O)N3CCc4ccccc43)o2)cc1. The molecule has 1 aromatic heterocycles. The van der Waals surface area contributed by atoms with Crippen LogP contribution in [0.3, 0.4) is 0 Å². The van der Waals surface area contributed by atoms with Gasteiger partial charge in [0.25, 0.3) is 5.22 Å². The summed E-state index contributed by atoms with van der Waals surface area (Å²) in [5.41, 5.74) is 3.28. The second kappa shape index (κ2) is 7.84. The first kappa shape index (κ1) is 17.6. The van der Waals surface area contributed by atoms with Crippen LogP contribution in [-0.2, 0) is 17.6 Å². The number of methoxy groups -OCH3 is 1. The topological polar surface area (TPSA) is 68.5 Å². The van der Waals surface area contributed by atoms with Gasteiger partial charge in [0.1, 0.15) is 5.75 Å². The number of fused-ring (bicyclic) bond motifs is 1. The summed E-state index contributed by atoms with van der Waals surface area (Å²) in [6.07, 6.45) is 1.45. The molecule has 4 rings (SSSR count). The van der Waals surface area contributed by atoms with Crippen molar-refractivity contribution in [3.63, 3.8) is 0 Å². The highest BCUT2D eigenvalue weighted by Crippen LogP contribution is 2.28. The fraction of sp³-hybridized carbons (Fsp3) is 0.250. The number of benzene rings is 2. The Hall–Kier alpha value is -2.80. The number of hydrogen-bond acceptors (Lipinski definition) is 6. The third kappa shape index (κ3) is 3.98. The molecule has 1 aliphatic rings. The minimum atomic E-state index is 0.0554. The first-order valence-electron chi connectivity index (χ1n) is 8.69. The van der Waals surface area contributed by atoms with Gasteiger partial charge in [-0.2, -0.15) is 0 Å². The van der Waals surface area contributed by atoms with Crippen LogP contribution in [-0.4, -0.2) is 35.5 Å². The standard InChI is InChI=1S/C20H19N3O3S/c1-25-16-8-6-14(7-9-16)12-18-21-22-20(26-18)27-13-19(24)23-11-10-15-4-2-3-5-17(15)23/h2-9H,10-13H2,1H3. The van der Waals surface area contributed by atoms with Gasteiger partial charge in [-0.25, -0.2) is 0 Å². The molecule has 3 aromatic rings. The largest absolute Gasteiger partial charge is 0.497 e. The summed E-state index contributed by atoms with van der Waals surface area (Å²) in [5.74, 6) is 1.67. The van der Waals surface area contributed by atoms with Crippen molar-refractivity contribution in [1.82, 2.24) is 10.2 Å². The number of carbonyl (C=O) groups excluding carboxylic acids is 1. The summed E-state index contributed by atoms with van der Waals surface area (Å²) in [4.78, 5) is 14.4. The number of carbonyl (C=O) groups is 1. The molecular weight excluding hydrogens is 362 g/mol. The first-order valence-corrected chi connectivity index (χ1v) is 9.68. The van der Waals surface area contributed by atoms with Gasteiger partial charge in [0, 0.05) is 12.2 Å². The van der Waals surface area contributed by atoms with Gasteiger partial charge >= 0.3 is 0 Å². The predicted molar refractivity (Wildman–Crippen MR) is 103 cm³/mol. The Labute approximate surface area is 161 Å². The number of nitrogens with zero attached hydrogens (tertiary/aromatic N) is 3. The monoisotopic (exact) mass is 381 g/mol. The molecular formula is C20H19N3O3S. The number of anilines is 1. The molecule has 0 aliphatic carbocycles. The second-order valence-corrected chi connectivity index (χ2v) is 7.13. The number of thioether (sulfide) groups is 1. The molecule has 0 fully saturated rings. The van der Waals surface area contributed by atoms with Crippen molar-refractivity contribution in [2.24, 2.45) is 0 Å². The number of hydrogen-bond donors (Lipinski definition) is 0.